The zero-order valence-electron chi connectivity index (χ0n) is 15.5. The molecule has 6 nitrogen and oxygen atoms in total. The van der Waals surface area contributed by atoms with E-state index in [1.165, 1.54) is 0 Å². The molecular weight excluding hydrogens is 332 g/mol. The molecule has 0 radical (unpaired) electrons. The third-order valence-corrected chi connectivity index (χ3v) is 3.94. The molecule has 6 heteroatoms. The molecule has 2 rings (SSSR count). The van der Waals surface area contributed by atoms with E-state index < -0.39 is 0 Å². The van der Waals surface area contributed by atoms with Gasteiger partial charge in [-0.15, -0.1) is 0 Å². The Bertz CT molecular complexity index is 719. The number of anilines is 1. The van der Waals surface area contributed by atoms with E-state index >= 15 is 0 Å². The average molecular weight is 358 g/mol. The molecule has 2 aromatic carbocycles. The summed E-state index contributed by atoms with van der Waals surface area (Å²) in [6.07, 6.45) is 1.14. The molecule has 0 spiro atoms. The maximum Gasteiger partial charge on any atom is 0.221 e. The Labute approximate surface area is 154 Å². The van der Waals surface area contributed by atoms with Gasteiger partial charge in [-0.1, -0.05) is 12.1 Å². The van der Waals surface area contributed by atoms with Crippen molar-refractivity contribution >= 4 is 11.6 Å². The molecule has 26 heavy (non-hydrogen) atoms. The van der Waals surface area contributed by atoms with E-state index in [0.717, 1.165) is 29.2 Å². The van der Waals surface area contributed by atoms with Gasteiger partial charge in [-0.3, -0.25) is 4.79 Å². The Hall–Kier alpha value is -2.89. The van der Waals surface area contributed by atoms with Crippen molar-refractivity contribution in [3.05, 3.63) is 48.0 Å². The number of nitrogens with one attached hydrogen (secondary N) is 2. The van der Waals surface area contributed by atoms with Crippen LogP contribution in [0.4, 0.5) is 5.69 Å². The smallest absolute Gasteiger partial charge is 0.221 e. The fourth-order valence-electron chi connectivity index (χ4n) is 2.53. The number of ether oxygens (including phenoxy) is 3. The van der Waals surface area contributed by atoms with Crippen LogP contribution >= 0.6 is 0 Å². The number of benzene rings is 2. The van der Waals surface area contributed by atoms with Crippen LogP contribution in [-0.4, -0.2) is 40.3 Å². The van der Waals surface area contributed by atoms with Crippen molar-refractivity contribution in [2.45, 2.75) is 12.8 Å². The van der Waals surface area contributed by atoms with Crippen LogP contribution in [0.25, 0.3) is 0 Å². The number of carbonyl (C=O) groups excluding carboxylic acids is 1. The first-order valence-corrected chi connectivity index (χ1v) is 8.51. The van der Waals surface area contributed by atoms with Gasteiger partial charge < -0.3 is 24.8 Å². The first-order valence-electron chi connectivity index (χ1n) is 8.51. The second kappa shape index (κ2) is 10.2. The lowest BCUT2D eigenvalue weighted by Gasteiger charge is -2.12. The SMILES string of the molecule is COc1cccc(CCNC(=O)CCNc2cc(OC)ccc2OC)c1. The van der Waals surface area contributed by atoms with E-state index in [4.69, 9.17) is 14.2 Å². The van der Waals surface area contributed by atoms with Crippen LogP contribution < -0.4 is 24.8 Å². The average Bonchev–Trinajstić information content (AvgIpc) is 2.68. The molecule has 0 heterocycles. The maximum atomic E-state index is 12.0. The molecule has 0 aliphatic rings. The molecule has 1 amide bonds. The highest BCUT2D eigenvalue weighted by Crippen LogP contribution is 2.28. The van der Waals surface area contributed by atoms with E-state index in [-0.39, 0.29) is 5.91 Å². The van der Waals surface area contributed by atoms with Crippen molar-refractivity contribution in [1.82, 2.24) is 5.32 Å². The summed E-state index contributed by atoms with van der Waals surface area (Å²) in [6, 6.07) is 13.3. The Balaban J connectivity index is 1.73. The summed E-state index contributed by atoms with van der Waals surface area (Å²) < 4.78 is 15.7. The zero-order chi connectivity index (χ0) is 18.8. The third kappa shape index (κ3) is 5.88. The van der Waals surface area contributed by atoms with Gasteiger partial charge in [0.15, 0.2) is 0 Å². The maximum absolute atomic E-state index is 12.0. The summed E-state index contributed by atoms with van der Waals surface area (Å²) in [7, 11) is 4.87. The van der Waals surface area contributed by atoms with Crippen molar-refractivity contribution in [1.29, 1.82) is 0 Å². The second-order valence-electron chi connectivity index (χ2n) is 5.69. The Morgan fingerprint density at radius 1 is 0.923 bits per heavy atom. The van der Waals surface area contributed by atoms with Gasteiger partial charge in [-0.25, -0.2) is 0 Å². The molecule has 140 valence electrons. The quantitative estimate of drug-likeness (QED) is 0.683. The summed E-state index contributed by atoms with van der Waals surface area (Å²) in [6.45, 7) is 1.10. The molecular formula is C20H26N2O4. The summed E-state index contributed by atoms with van der Waals surface area (Å²) in [5.41, 5.74) is 1.93. The van der Waals surface area contributed by atoms with E-state index in [1.54, 1.807) is 21.3 Å². The van der Waals surface area contributed by atoms with Crippen molar-refractivity contribution in [3.8, 4) is 17.2 Å². The molecule has 0 aliphatic carbocycles. The lowest BCUT2D eigenvalue weighted by Crippen LogP contribution is -2.27. The molecule has 0 unspecified atom stereocenters. The standard InChI is InChI=1S/C20H26N2O4/c1-24-16-6-4-5-15(13-16)9-11-22-20(23)10-12-21-18-14-17(25-2)7-8-19(18)26-3/h4-8,13-14,21H,9-12H2,1-3H3,(H,22,23). The van der Waals surface area contributed by atoms with Crippen molar-refractivity contribution in [2.75, 3.05) is 39.7 Å². The number of carbonyl (C=O) groups is 1. The number of hydrogen-bond donors (Lipinski definition) is 2. The zero-order valence-corrected chi connectivity index (χ0v) is 15.5. The topological polar surface area (TPSA) is 68.8 Å². The fourth-order valence-corrected chi connectivity index (χ4v) is 2.53. The van der Waals surface area contributed by atoms with Gasteiger partial charge in [-0.05, 0) is 36.2 Å². The molecule has 2 N–H and O–H groups in total. The third-order valence-electron chi connectivity index (χ3n) is 3.94. The fraction of sp³-hybridized carbons (Fsp3) is 0.350. The highest BCUT2D eigenvalue weighted by Gasteiger charge is 2.06. The Morgan fingerprint density at radius 2 is 1.69 bits per heavy atom. The van der Waals surface area contributed by atoms with E-state index in [2.05, 4.69) is 10.6 Å². The first kappa shape index (κ1) is 19.4. The predicted octanol–water partition coefficient (Wildman–Crippen LogP) is 2.87. The van der Waals surface area contributed by atoms with Gasteiger partial charge in [0.25, 0.3) is 0 Å². The molecule has 0 bridgehead atoms. The molecule has 0 aliphatic heterocycles. The Kier molecular flexibility index (Phi) is 7.61. The minimum atomic E-state index is 0.00209. The van der Waals surface area contributed by atoms with E-state index in [9.17, 15) is 4.79 Å². The lowest BCUT2D eigenvalue weighted by molar-refractivity contribution is -0.120. The van der Waals surface area contributed by atoms with Gasteiger partial charge in [0, 0.05) is 25.6 Å². The van der Waals surface area contributed by atoms with Crippen LogP contribution in [-0.2, 0) is 11.2 Å². The van der Waals surface area contributed by atoms with E-state index in [0.29, 0.717) is 25.3 Å². The molecule has 2 aromatic rings. The van der Waals surface area contributed by atoms with Crippen molar-refractivity contribution in [2.24, 2.45) is 0 Å². The molecule has 0 saturated carbocycles. The minimum absolute atomic E-state index is 0.00209. The van der Waals surface area contributed by atoms with Crippen LogP contribution in [0.1, 0.15) is 12.0 Å². The summed E-state index contributed by atoms with van der Waals surface area (Å²) in [5, 5.41) is 6.14. The second-order valence-corrected chi connectivity index (χ2v) is 5.69. The minimum Gasteiger partial charge on any atom is -0.497 e. The van der Waals surface area contributed by atoms with Crippen LogP contribution in [0.2, 0.25) is 0 Å². The number of hydrogen-bond acceptors (Lipinski definition) is 5. The summed E-state index contributed by atoms with van der Waals surface area (Å²) in [5.74, 6) is 2.27. The van der Waals surface area contributed by atoms with Crippen LogP contribution in [0.3, 0.4) is 0 Å². The summed E-state index contributed by atoms with van der Waals surface area (Å²) in [4.78, 5) is 12.0. The molecule has 0 aromatic heterocycles. The van der Waals surface area contributed by atoms with Gasteiger partial charge in [0.1, 0.15) is 17.2 Å². The highest BCUT2D eigenvalue weighted by atomic mass is 16.5. The van der Waals surface area contributed by atoms with Gasteiger partial charge in [-0.2, -0.15) is 0 Å². The number of methoxy groups -OCH3 is 3. The normalized spacial score (nSPS) is 10.1. The first-order chi connectivity index (χ1) is 12.7. The van der Waals surface area contributed by atoms with Crippen LogP contribution in [0.5, 0.6) is 17.2 Å². The van der Waals surface area contributed by atoms with Crippen LogP contribution in [0.15, 0.2) is 42.5 Å². The molecule has 0 fully saturated rings. The highest BCUT2D eigenvalue weighted by molar-refractivity contribution is 5.76. The molecule has 0 atom stereocenters. The predicted molar refractivity (Wildman–Crippen MR) is 102 cm³/mol. The molecule has 0 saturated heterocycles. The number of amides is 1. The van der Waals surface area contributed by atoms with Crippen molar-refractivity contribution in [3.63, 3.8) is 0 Å². The lowest BCUT2D eigenvalue weighted by atomic mass is 10.1. The number of rotatable bonds is 10. The van der Waals surface area contributed by atoms with E-state index in [1.807, 2.05) is 42.5 Å². The largest absolute Gasteiger partial charge is 0.497 e. The summed E-state index contributed by atoms with van der Waals surface area (Å²) >= 11 is 0. The van der Waals surface area contributed by atoms with Crippen molar-refractivity contribution < 1.29 is 19.0 Å². The van der Waals surface area contributed by atoms with Gasteiger partial charge >= 0.3 is 0 Å². The van der Waals surface area contributed by atoms with Crippen LogP contribution in [0, 0.1) is 0 Å². The Morgan fingerprint density at radius 3 is 2.42 bits per heavy atom. The van der Waals surface area contributed by atoms with Gasteiger partial charge in [0.05, 0.1) is 27.0 Å². The van der Waals surface area contributed by atoms with Gasteiger partial charge in [0.2, 0.25) is 5.91 Å². The monoisotopic (exact) mass is 358 g/mol.